The number of benzene rings is 1. The lowest BCUT2D eigenvalue weighted by Crippen LogP contribution is -2.16. The van der Waals surface area contributed by atoms with Crippen molar-refractivity contribution < 1.29 is 9.18 Å². The minimum atomic E-state index is -0.372. The molecule has 0 radical (unpaired) electrons. The molecule has 0 spiro atoms. The summed E-state index contributed by atoms with van der Waals surface area (Å²) in [7, 11) is 1.68. The van der Waals surface area contributed by atoms with Crippen LogP contribution in [0.2, 0.25) is 0 Å². The molecule has 0 fully saturated rings. The van der Waals surface area contributed by atoms with Gasteiger partial charge in [-0.1, -0.05) is 0 Å². The van der Waals surface area contributed by atoms with Crippen molar-refractivity contribution in [1.29, 1.82) is 0 Å². The number of aromatic nitrogens is 2. The molecular weight excluding hydrogens is 289 g/mol. The first-order valence-corrected chi connectivity index (χ1v) is 5.61. The van der Waals surface area contributed by atoms with E-state index in [1.807, 2.05) is 0 Å². The van der Waals surface area contributed by atoms with Crippen molar-refractivity contribution >= 4 is 27.5 Å². The summed E-state index contributed by atoms with van der Waals surface area (Å²) in [5.74, 6) is -0.660. The molecule has 88 valence electrons. The smallest absolute Gasteiger partial charge is 0.273 e. The lowest BCUT2D eigenvalue weighted by molar-refractivity contribution is 0.101. The van der Waals surface area contributed by atoms with Gasteiger partial charge in [-0.25, -0.2) is 4.39 Å². The van der Waals surface area contributed by atoms with Crippen LogP contribution in [0.3, 0.4) is 0 Å². The van der Waals surface area contributed by atoms with Crippen LogP contribution in [0.5, 0.6) is 0 Å². The van der Waals surface area contributed by atoms with Crippen molar-refractivity contribution in [3.8, 4) is 0 Å². The van der Waals surface area contributed by atoms with Crippen molar-refractivity contribution in [3.05, 3.63) is 46.4 Å². The first-order chi connectivity index (χ1) is 8.08. The number of nitrogens with one attached hydrogen (secondary N) is 1. The molecular formula is C11H9BrFN3O. The van der Waals surface area contributed by atoms with Crippen LogP contribution < -0.4 is 5.32 Å². The highest BCUT2D eigenvalue weighted by Gasteiger charge is 2.10. The molecule has 0 saturated carbocycles. The predicted molar refractivity (Wildman–Crippen MR) is 65.3 cm³/mol. The summed E-state index contributed by atoms with van der Waals surface area (Å²) in [6, 6.07) is 5.88. The lowest BCUT2D eigenvalue weighted by Gasteiger charge is -2.06. The number of hydrogen-bond donors (Lipinski definition) is 1. The SMILES string of the molecule is Cn1nccc1C(=O)Nc1ccc(F)c(Br)c1. The quantitative estimate of drug-likeness (QED) is 0.926. The average Bonchev–Trinajstić information content (AvgIpc) is 2.70. The van der Waals surface area contributed by atoms with Gasteiger partial charge < -0.3 is 5.32 Å². The zero-order chi connectivity index (χ0) is 12.4. The number of nitrogens with zero attached hydrogens (tertiary/aromatic N) is 2. The van der Waals surface area contributed by atoms with Crippen molar-refractivity contribution in [2.75, 3.05) is 5.32 Å². The Bertz CT molecular complexity index is 568. The zero-order valence-corrected chi connectivity index (χ0v) is 10.5. The van der Waals surface area contributed by atoms with Gasteiger partial charge in [-0.3, -0.25) is 9.48 Å². The van der Waals surface area contributed by atoms with Gasteiger partial charge in [0.2, 0.25) is 0 Å². The minimum Gasteiger partial charge on any atom is -0.321 e. The lowest BCUT2D eigenvalue weighted by atomic mass is 10.3. The minimum absolute atomic E-state index is 0.288. The van der Waals surface area contributed by atoms with Gasteiger partial charge in [0.05, 0.1) is 4.47 Å². The molecule has 0 aliphatic carbocycles. The highest BCUT2D eigenvalue weighted by Crippen LogP contribution is 2.20. The summed E-state index contributed by atoms with van der Waals surface area (Å²) in [5, 5.41) is 6.55. The van der Waals surface area contributed by atoms with Crippen LogP contribution >= 0.6 is 15.9 Å². The third-order valence-electron chi connectivity index (χ3n) is 2.23. The van der Waals surface area contributed by atoms with Gasteiger partial charge in [-0.15, -0.1) is 0 Å². The van der Waals surface area contributed by atoms with Crippen LogP contribution in [0.1, 0.15) is 10.5 Å². The van der Waals surface area contributed by atoms with Gasteiger partial charge in [0.25, 0.3) is 5.91 Å². The number of rotatable bonds is 2. The number of halogens is 2. The van der Waals surface area contributed by atoms with E-state index in [2.05, 4.69) is 26.3 Å². The van der Waals surface area contributed by atoms with Gasteiger partial charge in [-0.05, 0) is 40.2 Å². The molecule has 1 amide bonds. The van der Waals surface area contributed by atoms with E-state index in [4.69, 9.17) is 0 Å². The van der Waals surface area contributed by atoms with Crippen LogP contribution in [0.25, 0.3) is 0 Å². The Morgan fingerprint density at radius 2 is 2.24 bits per heavy atom. The molecule has 0 unspecified atom stereocenters. The fourth-order valence-corrected chi connectivity index (χ4v) is 1.74. The van der Waals surface area contributed by atoms with E-state index < -0.39 is 0 Å². The van der Waals surface area contributed by atoms with Crippen molar-refractivity contribution in [2.45, 2.75) is 0 Å². The molecule has 4 nitrogen and oxygen atoms in total. The second-order valence-electron chi connectivity index (χ2n) is 3.42. The molecule has 2 rings (SSSR count). The second kappa shape index (κ2) is 4.67. The van der Waals surface area contributed by atoms with Crippen molar-refractivity contribution in [3.63, 3.8) is 0 Å². The first-order valence-electron chi connectivity index (χ1n) is 4.82. The fraction of sp³-hybridized carbons (Fsp3) is 0.0909. The Kier molecular flexibility index (Phi) is 3.23. The van der Waals surface area contributed by atoms with Crippen molar-refractivity contribution in [2.24, 2.45) is 7.05 Å². The van der Waals surface area contributed by atoms with E-state index in [0.717, 1.165) is 0 Å². The molecule has 0 atom stereocenters. The summed E-state index contributed by atoms with van der Waals surface area (Å²) in [5.41, 5.74) is 0.954. The molecule has 6 heteroatoms. The second-order valence-corrected chi connectivity index (χ2v) is 4.28. The number of aryl methyl sites for hydroxylation is 1. The monoisotopic (exact) mass is 297 g/mol. The standard InChI is InChI=1S/C11H9BrFN3O/c1-16-10(4-5-14-16)11(17)15-7-2-3-9(13)8(12)6-7/h2-6H,1H3,(H,15,17). The van der Waals surface area contributed by atoms with Crippen molar-refractivity contribution in [1.82, 2.24) is 9.78 Å². The number of hydrogen-bond acceptors (Lipinski definition) is 2. The predicted octanol–water partition coefficient (Wildman–Crippen LogP) is 2.57. The van der Waals surface area contributed by atoms with Crippen LogP contribution in [-0.2, 0) is 7.05 Å². The number of amides is 1. The van der Waals surface area contributed by atoms with E-state index in [9.17, 15) is 9.18 Å². The largest absolute Gasteiger partial charge is 0.321 e. The summed E-state index contributed by atoms with van der Waals surface area (Å²) in [4.78, 5) is 11.8. The Morgan fingerprint density at radius 1 is 1.47 bits per heavy atom. The third-order valence-corrected chi connectivity index (χ3v) is 2.84. The summed E-state index contributed by atoms with van der Waals surface area (Å²) in [6.45, 7) is 0. The fourth-order valence-electron chi connectivity index (χ4n) is 1.37. The number of carbonyl (C=O) groups is 1. The molecule has 1 aromatic carbocycles. The molecule has 17 heavy (non-hydrogen) atoms. The summed E-state index contributed by atoms with van der Waals surface area (Å²) < 4.78 is 14.8. The van der Waals surface area contributed by atoms with Crippen LogP contribution in [0.15, 0.2) is 34.9 Å². The van der Waals surface area contributed by atoms with E-state index >= 15 is 0 Å². The highest BCUT2D eigenvalue weighted by molar-refractivity contribution is 9.10. The van der Waals surface area contributed by atoms with E-state index in [1.165, 1.54) is 29.1 Å². The first kappa shape index (κ1) is 11.8. The molecule has 2 aromatic rings. The van der Waals surface area contributed by atoms with E-state index in [1.54, 1.807) is 13.1 Å². The Hall–Kier alpha value is -1.69. The molecule has 1 N–H and O–H groups in total. The van der Waals surface area contributed by atoms with Gasteiger partial charge in [0.1, 0.15) is 11.5 Å². The van der Waals surface area contributed by atoms with Gasteiger partial charge >= 0.3 is 0 Å². The molecule has 0 aliphatic rings. The summed E-state index contributed by atoms with van der Waals surface area (Å²) >= 11 is 3.06. The maximum absolute atomic E-state index is 13.0. The molecule has 1 aromatic heterocycles. The molecule has 0 saturated heterocycles. The number of carbonyl (C=O) groups excluding carboxylic acids is 1. The van der Waals surface area contributed by atoms with Crippen LogP contribution in [0, 0.1) is 5.82 Å². The Labute approximate surface area is 106 Å². The number of anilines is 1. The molecule has 0 aliphatic heterocycles. The average molecular weight is 298 g/mol. The molecule has 1 heterocycles. The highest BCUT2D eigenvalue weighted by atomic mass is 79.9. The van der Waals surface area contributed by atoms with Crippen LogP contribution in [-0.4, -0.2) is 15.7 Å². The Balaban J connectivity index is 2.19. The van der Waals surface area contributed by atoms with E-state index in [0.29, 0.717) is 15.9 Å². The maximum Gasteiger partial charge on any atom is 0.273 e. The van der Waals surface area contributed by atoms with Gasteiger partial charge in [0.15, 0.2) is 0 Å². The third kappa shape index (κ3) is 2.52. The maximum atomic E-state index is 13.0. The topological polar surface area (TPSA) is 46.9 Å². The molecule has 0 bridgehead atoms. The van der Waals surface area contributed by atoms with Gasteiger partial charge in [0, 0.05) is 18.9 Å². The Morgan fingerprint density at radius 3 is 2.82 bits per heavy atom. The van der Waals surface area contributed by atoms with E-state index in [-0.39, 0.29) is 11.7 Å². The van der Waals surface area contributed by atoms with Crippen LogP contribution in [0.4, 0.5) is 10.1 Å². The van der Waals surface area contributed by atoms with Gasteiger partial charge in [-0.2, -0.15) is 5.10 Å². The normalized spacial score (nSPS) is 10.3. The zero-order valence-electron chi connectivity index (χ0n) is 8.95. The summed E-state index contributed by atoms with van der Waals surface area (Å²) in [6.07, 6.45) is 1.54.